The van der Waals surface area contributed by atoms with Gasteiger partial charge in [0.05, 0.1) is 11.4 Å². The quantitative estimate of drug-likeness (QED) is 0.416. The van der Waals surface area contributed by atoms with Gasteiger partial charge in [-0.1, -0.05) is 48.0 Å². The van der Waals surface area contributed by atoms with Crippen molar-refractivity contribution < 1.29 is 13.2 Å². The van der Waals surface area contributed by atoms with Gasteiger partial charge in [-0.15, -0.1) is 0 Å². The lowest BCUT2D eigenvalue weighted by Crippen LogP contribution is -2.24. The number of nitrogens with one attached hydrogen (secondary N) is 2. The van der Waals surface area contributed by atoms with Crippen LogP contribution in [-0.4, -0.2) is 24.1 Å². The van der Waals surface area contributed by atoms with Crippen LogP contribution < -0.4 is 10.0 Å². The number of carbonyl (C=O) groups excluding carboxylic acids is 1. The molecule has 0 fully saturated rings. The predicted octanol–water partition coefficient (Wildman–Crippen LogP) is 3.97. The second-order valence-electron chi connectivity index (χ2n) is 7.65. The lowest BCUT2D eigenvalue weighted by molar-refractivity contribution is 0.0950. The van der Waals surface area contributed by atoms with E-state index in [0.717, 1.165) is 16.7 Å². The van der Waals surface area contributed by atoms with Crippen LogP contribution in [0.3, 0.4) is 0 Å². The van der Waals surface area contributed by atoms with Crippen molar-refractivity contribution in [2.75, 3.05) is 4.72 Å². The number of anilines is 1. The van der Waals surface area contributed by atoms with E-state index in [-0.39, 0.29) is 16.4 Å². The van der Waals surface area contributed by atoms with E-state index in [2.05, 4.69) is 15.1 Å². The molecular weight excluding hydrogens is 436 g/mol. The van der Waals surface area contributed by atoms with Crippen LogP contribution in [-0.2, 0) is 23.1 Å². The van der Waals surface area contributed by atoms with Crippen LogP contribution in [0.1, 0.15) is 27.0 Å². The Bertz CT molecular complexity index is 1350. The maximum atomic E-state index is 12.8. The van der Waals surface area contributed by atoms with E-state index < -0.39 is 10.0 Å². The third-order valence-corrected chi connectivity index (χ3v) is 6.54. The van der Waals surface area contributed by atoms with Crippen LogP contribution >= 0.6 is 0 Å². The average molecular weight is 461 g/mol. The second kappa shape index (κ2) is 9.70. The van der Waals surface area contributed by atoms with Gasteiger partial charge >= 0.3 is 0 Å². The van der Waals surface area contributed by atoms with Gasteiger partial charge in [-0.3, -0.25) is 14.2 Å². The zero-order chi connectivity index (χ0) is 23.3. The number of rotatable bonds is 8. The number of nitrogens with zero attached hydrogens (tertiary/aromatic N) is 2. The van der Waals surface area contributed by atoms with Gasteiger partial charge < -0.3 is 5.32 Å². The summed E-state index contributed by atoms with van der Waals surface area (Å²) in [4.78, 5) is 12.8. The lowest BCUT2D eigenvalue weighted by atomic mass is 10.1. The van der Waals surface area contributed by atoms with Crippen LogP contribution in [0.2, 0.25) is 0 Å². The largest absolute Gasteiger partial charge is 0.348 e. The maximum absolute atomic E-state index is 12.8. The Morgan fingerprint density at radius 1 is 0.939 bits per heavy atom. The molecule has 168 valence electrons. The number of benzene rings is 3. The zero-order valence-corrected chi connectivity index (χ0v) is 18.9. The van der Waals surface area contributed by atoms with Crippen molar-refractivity contribution in [2.24, 2.45) is 0 Å². The summed E-state index contributed by atoms with van der Waals surface area (Å²) >= 11 is 0. The summed E-state index contributed by atoms with van der Waals surface area (Å²) in [5.41, 5.74) is 3.77. The van der Waals surface area contributed by atoms with Gasteiger partial charge in [0.1, 0.15) is 0 Å². The maximum Gasteiger partial charge on any atom is 0.261 e. The first-order valence-electron chi connectivity index (χ1n) is 10.4. The molecule has 4 rings (SSSR count). The normalized spacial score (nSPS) is 11.2. The average Bonchev–Trinajstić information content (AvgIpc) is 3.33. The van der Waals surface area contributed by atoms with Crippen molar-refractivity contribution in [3.05, 3.63) is 114 Å². The topological polar surface area (TPSA) is 93.1 Å². The molecule has 0 unspecified atom stereocenters. The lowest BCUT2D eigenvalue weighted by Gasteiger charge is -2.12. The molecule has 0 aliphatic rings. The van der Waals surface area contributed by atoms with Crippen molar-refractivity contribution in [3.8, 4) is 0 Å². The molecule has 1 amide bonds. The molecule has 7 nitrogen and oxygen atoms in total. The standard InChI is InChI=1S/C25H24N4O3S/c1-19-10-12-23(13-11-19)28-33(31,32)24-9-4-8-20(16-24)25(30)26-17-21-6-2-3-7-22(21)18-29-15-5-14-27-29/h2-16,28H,17-18H2,1H3,(H,26,30). The van der Waals surface area contributed by atoms with Crippen molar-refractivity contribution in [1.29, 1.82) is 0 Å². The monoisotopic (exact) mass is 460 g/mol. The SMILES string of the molecule is Cc1ccc(NS(=O)(=O)c2cccc(C(=O)NCc3ccccc3Cn3cccn3)c2)cc1. The highest BCUT2D eigenvalue weighted by Gasteiger charge is 2.17. The summed E-state index contributed by atoms with van der Waals surface area (Å²) in [5.74, 6) is -0.351. The van der Waals surface area contributed by atoms with Crippen molar-refractivity contribution in [3.63, 3.8) is 0 Å². The first-order chi connectivity index (χ1) is 15.9. The summed E-state index contributed by atoms with van der Waals surface area (Å²) in [6, 6.07) is 22.7. The summed E-state index contributed by atoms with van der Waals surface area (Å²) in [6.45, 7) is 2.84. The molecule has 1 heterocycles. The fourth-order valence-corrected chi connectivity index (χ4v) is 4.47. The fourth-order valence-electron chi connectivity index (χ4n) is 3.37. The fraction of sp³-hybridized carbons (Fsp3) is 0.120. The Morgan fingerprint density at radius 3 is 2.42 bits per heavy atom. The number of sulfonamides is 1. The van der Waals surface area contributed by atoms with Crippen LogP contribution in [0.4, 0.5) is 5.69 Å². The third kappa shape index (κ3) is 5.67. The number of carbonyl (C=O) groups is 1. The van der Waals surface area contributed by atoms with Crippen LogP contribution in [0.25, 0.3) is 0 Å². The molecule has 0 radical (unpaired) electrons. The van der Waals surface area contributed by atoms with E-state index in [9.17, 15) is 13.2 Å². The smallest absolute Gasteiger partial charge is 0.261 e. The molecule has 0 saturated carbocycles. The van der Waals surface area contributed by atoms with Crippen molar-refractivity contribution in [1.82, 2.24) is 15.1 Å². The summed E-state index contributed by atoms with van der Waals surface area (Å²) < 4.78 is 29.9. The van der Waals surface area contributed by atoms with E-state index in [4.69, 9.17) is 0 Å². The Kier molecular flexibility index (Phi) is 6.55. The van der Waals surface area contributed by atoms with Crippen LogP contribution in [0.15, 0.2) is 96.2 Å². The number of hydrogen-bond donors (Lipinski definition) is 2. The molecular formula is C25H24N4O3S. The third-order valence-electron chi connectivity index (χ3n) is 5.16. The molecule has 0 spiro atoms. The van der Waals surface area contributed by atoms with E-state index >= 15 is 0 Å². The van der Waals surface area contributed by atoms with Crippen LogP contribution in [0.5, 0.6) is 0 Å². The van der Waals surface area contributed by atoms with Crippen LogP contribution in [0, 0.1) is 6.92 Å². The van der Waals surface area contributed by atoms with Gasteiger partial charge in [-0.2, -0.15) is 5.10 Å². The van der Waals surface area contributed by atoms with Crippen molar-refractivity contribution in [2.45, 2.75) is 24.9 Å². The first-order valence-corrected chi connectivity index (χ1v) is 11.9. The van der Waals surface area contributed by atoms with Gasteiger partial charge in [-0.05, 0) is 54.4 Å². The molecule has 4 aromatic rings. The van der Waals surface area contributed by atoms with Gasteiger partial charge in [0, 0.05) is 30.2 Å². The number of hydrogen-bond acceptors (Lipinski definition) is 4. The molecule has 33 heavy (non-hydrogen) atoms. The minimum atomic E-state index is -3.82. The van der Waals surface area contributed by atoms with E-state index in [1.807, 2.05) is 60.3 Å². The molecule has 0 bridgehead atoms. The Labute approximate surface area is 193 Å². The van der Waals surface area contributed by atoms with Gasteiger partial charge in [0.25, 0.3) is 15.9 Å². The zero-order valence-electron chi connectivity index (χ0n) is 18.1. The highest BCUT2D eigenvalue weighted by atomic mass is 32.2. The molecule has 0 saturated heterocycles. The van der Waals surface area contributed by atoms with E-state index in [1.165, 1.54) is 12.1 Å². The van der Waals surface area contributed by atoms with Gasteiger partial charge in [0.2, 0.25) is 0 Å². The Morgan fingerprint density at radius 2 is 1.70 bits per heavy atom. The van der Waals surface area contributed by atoms with Gasteiger partial charge in [-0.25, -0.2) is 8.42 Å². The summed E-state index contributed by atoms with van der Waals surface area (Å²) in [6.07, 6.45) is 3.60. The van der Waals surface area contributed by atoms with E-state index in [0.29, 0.717) is 18.8 Å². The number of aryl methyl sites for hydroxylation is 1. The molecule has 3 aromatic carbocycles. The molecule has 0 aliphatic carbocycles. The number of aromatic nitrogens is 2. The summed E-state index contributed by atoms with van der Waals surface area (Å²) in [7, 11) is -3.82. The van der Waals surface area contributed by atoms with Gasteiger partial charge in [0.15, 0.2) is 0 Å². The van der Waals surface area contributed by atoms with Crippen molar-refractivity contribution >= 4 is 21.6 Å². The molecule has 1 aromatic heterocycles. The molecule has 0 aliphatic heterocycles. The molecule has 2 N–H and O–H groups in total. The highest BCUT2D eigenvalue weighted by molar-refractivity contribution is 7.92. The predicted molar refractivity (Wildman–Crippen MR) is 127 cm³/mol. The van der Waals surface area contributed by atoms with E-state index in [1.54, 1.807) is 30.5 Å². The summed E-state index contributed by atoms with van der Waals surface area (Å²) in [5, 5.41) is 7.11. The number of amides is 1. The molecule has 0 atom stereocenters. The first kappa shape index (κ1) is 22.3. The minimum Gasteiger partial charge on any atom is -0.348 e. The minimum absolute atomic E-state index is 0.0230. The second-order valence-corrected chi connectivity index (χ2v) is 9.34. The Balaban J connectivity index is 1.46. The highest BCUT2D eigenvalue weighted by Crippen LogP contribution is 2.18. The molecule has 8 heteroatoms. The Hall–Kier alpha value is -3.91.